The van der Waals surface area contributed by atoms with Crippen molar-refractivity contribution < 1.29 is 24.1 Å². The molecule has 0 unspecified atom stereocenters. The zero-order valence-electron chi connectivity index (χ0n) is 14.5. The lowest BCUT2D eigenvalue weighted by Crippen LogP contribution is -2.18. The summed E-state index contributed by atoms with van der Waals surface area (Å²) in [7, 11) is 4.50. The number of hydrogen-bond acceptors (Lipinski definition) is 5. The first-order valence-corrected chi connectivity index (χ1v) is 7.69. The van der Waals surface area contributed by atoms with Gasteiger partial charge in [-0.05, 0) is 30.3 Å². The lowest BCUT2D eigenvalue weighted by Gasteiger charge is -2.15. The molecule has 0 spiro atoms. The van der Waals surface area contributed by atoms with Gasteiger partial charge in [0.05, 0.1) is 32.2 Å². The average Bonchev–Trinajstić information content (AvgIpc) is 2.67. The number of benzene rings is 2. The molecule has 0 amide bonds. The van der Waals surface area contributed by atoms with Crippen molar-refractivity contribution in [1.82, 2.24) is 4.57 Å². The van der Waals surface area contributed by atoms with Crippen LogP contribution in [-0.4, -0.2) is 37.0 Å². The van der Waals surface area contributed by atoms with E-state index < -0.39 is 11.4 Å². The standard InChI is InChI=1S/C19H17NO6/c1-24-12-6-4-11(5-7-12)20-10-14(19(22)23)18(21)13-8-16(25-2)17(26-3)9-15(13)20/h4-10H,1-3H3,(H,22,23). The first kappa shape index (κ1) is 17.3. The number of carboxylic acid groups (broad SMARTS) is 1. The summed E-state index contributed by atoms with van der Waals surface area (Å²) in [5.74, 6) is 0.149. The zero-order chi connectivity index (χ0) is 18.8. The Morgan fingerprint density at radius 1 is 0.962 bits per heavy atom. The maximum atomic E-state index is 12.6. The van der Waals surface area contributed by atoms with Gasteiger partial charge in [0.2, 0.25) is 5.43 Å². The van der Waals surface area contributed by atoms with Crippen LogP contribution in [0, 0.1) is 0 Å². The van der Waals surface area contributed by atoms with E-state index in [-0.39, 0.29) is 10.9 Å². The summed E-state index contributed by atoms with van der Waals surface area (Å²) in [6.07, 6.45) is 1.31. The van der Waals surface area contributed by atoms with Gasteiger partial charge < -0.3 is 23.9 Å². The van der Waals surface area contributed by atoms with E-state index in [9.17, 15) is 14.7 Å². The molecule has 0 radical (unpaired) electrons. The fraction of sp³-hybridized carbons (Fsp3) is 0.158. The van der Waals surface area contributed by atoms with Gasteiger partial charge in [-0.25, -0.2) is 4.79 Å². The molecule has 0 aliphatic carbocycles. The van der Waals surface area contributed by atoms with Crippen LogP contribution in [0.25, 0.3) is 16.6 Å². The van der Waals surface area contributed by atoms with Gasteiger partial charge in [0.25, 0.3) is 0 Å². The van der Waals surface area contributed by atoms with E-state index in [2.05, 4.69) is 0 Å². The van der Waals surface area contributed by atoms with E-state index in [0.29, 0.717) is 28.5 Å². The minimum Gasteiger partial charge on any atom is -0.497 e. The summed E-state index contributed by atoms with van der Waals surface area (Å²) >= 11 is 0. The smallest absolute Gasteiger partial charge is 0.341 e. The number of methoxy groups -OCH3 is 3. The molecular weight excluding hydrogens is 338 g/mol. The van der Waals surface area contributed by atoms with Crippen molar-refractivity contribution in [2.45, 2.75) is 0 Å². The van der Waals surface area contributed by atoms with Crippen LogP contribution in [0.1, 0.15) is 10.4 Å². The van der Waals surface area contributed by atoms with Crippen LogP contribution >= 0.6 is 0 Å². The molecule has 0 saturated carbocycles. The molecule has 1 aromatic heterocycles. The van der Waals surface area contributed by atoms with E-state index in [4.69, 9.17) is 14.2 Å². The van der Waals surface area contributed by atoms with Gasteiger partial charge in [-0.15, -0.1) is 0 Å². The summed E-state index contributed by atoms with van der Waals surface area (Å²) < 4.78 is 17.3. The Kier molecular flexibility index (Phi) is 4.53. The van der Waals surface area contributed by atoms with Gasteiger partial charge in [-0.3, -0.25) is 4.79 Å². The van der Waals surface area contributed by atoms with E-state index in [1.165, 1.54) is 26.5 Å². The highest BCUT2D eigenvalue weighted by molar-refractivity contribution is 5.94. The topological polar surface area (TPSA) is 87.0 Å². The monoisotopic (exact) mass is 355 g/mol. The lowest BCUT2D eigenvalue weighted by molar-refractivity contribution is 0.0695. The van der Waals surface area contributed by atoms with Crippen molar-refractivity contribution in [1.29, 1.82) is 0 Å². The summed E-state index contributed by atoms with van der Waals surface area (Å²) in [5, 5.41) is 9.64. The van der Waals surface area contributed by atoms with Crippen LogP contribution in [0.5, 0.6) is 17.2 Å². The molecule has 0 fully saturated rings. The minimum absolute atomic E-state index is 0.221. The van der Waals surface area contributed by atoms with Crippen LogP contribution in [0.2, 0.25) is 0 Å². The highest BCUT2D eigenvalue weighted by Crippen LogP contribution is 2.32. The first-order chi connectivity index (χ1) is 12.5. The maximum Gasteiger partial charge on any atom is 0.341 e. The number of hydrogen-bond donors (Lipinski definition) is 1. The van der Waals surface area contributed by atoms with E-state index in [0.717, 1.165) is 0 Å². The number of carboxylic acids is 1. The third-order valence-electron chi connectivity index (χ3n) is 4.09. The van der Waals surface area contributed by atoms with E-state index in [1.54, 1.807) is 42.0 Å². The van der Waals surface area contributed by atoms with Crippen molar-refractivity contribution in [3.63, 3.8) is 0 Å². The fourth-order valence-corrected chi connectivity index (χ4v) is 2.76. The highest BCUT2D eigenvalue weighted by Gasteiger charge is 2.18. The molecule has 1 heterocycles. The second kappa shape index (κ2) is 6.79. The number of carbonyl (C=O) groups is 1. The van der Waals surface area contributed by atoms with Crippen molar-refractivity contribution in [2.24, 2.45) is 0 Å². The molecule has 0 aliphatic heterocycles. The van der Waals surface area contributed by atoms with Gasteiger partial charge in [0.15, 0.2) is 11.5 Å². The number of fused-ring (bicyclic) bond motifs is 1. The summed E-state index contributed by atoms with van der Waals surface area (Å²) in [6, 6.07) is 10.2. The number of aromatic carboxylic acids is 1. The quantitative estimate of drug-likeness (QED) is 0.757. The van der Waals surface area contributed by atoms with Gasteiger partial charge in [0, 0.05) is 18.0 Å². The van der Waals surface area contributed by atoms with Crippen LogP contribution < -0.4 is 19.6 Å². The van der Waals surface area contributed by atoms with E-state index in [1.807, 2.05) is 0 Å². The Hall–Kier alpha value is -3.48. The Balaban J connectivity index is 2.40. The largest absolute Gasteiger partial charge is 0.497 e. The molecule has 7 nitrogen and oxygen atoms in total. The SMILES string of the molecule is COc1ccc(-n2cc(C(=O)O)c(=O)c3cc(OC)c(OC)cc32)cc1. The van der Waals surface area contributed by atoms with Crippen LogP contribution in [0.15, 0.2) is 47.4 Å². The normalized spacial score (nSPS) is 10.6. The Morgan fingerprint density at radius 3 is 2.12 bits per heavy atom. The number of pyridine rings is 1. The predicted molar refractivity (Wildman–Crippen MR) is 96.2 cm³/mol. The summed E-state index contributed by atoms with van der Waals surface area (Å²) in [4.78, 5) is 24.1. The molecule has 7 heteroatoms. The molecule has 0 saturated heterocycles. The maximum absolute atomic E-state index is 12.6. The molecule has 134 valence electrons. The van der Waals surface area contributed by atoms with Crippen molar-refractivity contribution in [3.05, 3.63) is 58.4 Å². The molecule has 0 aliphatic rings. The molecule has 3 aromatic rings. The van der Waals surface area contributed by atoms with Crippen molar-refractivity contribution >= 4 is 16.9 Å². The van der Waals surface area contributed by atoms with Crippen molar-refractivity contribution in [2.75, 3.05) is 21.3 Å². The third kappa shape index (κ3) is 2.83. The zero-order valence-corrected chi connectivity index (χ0v) is 14.5. The molecule has 26 heavy (non-hydrogen) atoms. The van der Waals surface area contributed by atoms with Crippen LogP contribution in [0.3, 0.4) is 0 Å². The minimum atomic E-state index is -1.30. The Labute approximate surface area is 149 Å². The molecule has 0 bridgehead atoms. The Bertz CT molecular complexity index is 1040. The highest BCUT2D eigenvalue weighted by atomic mass is 16.5. The number of nitrogens with zero attached hydrogens (tertiary/aromatic N) is 1. The molecule has 3 rings (SSSR count). The van der Waals surface area contributed by atoms with Crippen molar-refractivity contribution in [3.8, 4) is 22.9 Å². The molecular formula is C19H17NO6. The van der Waals surface area contributed by atoms with Gasteiger partial charge in [-0.1, -0.05) is 0 Å². The van der Waals surface area contributed by atoms with E-state index >= 15 is 0 Å². The third-order valence-corrected chi connectivity index (χ3v) is 4.09. The first-order valence-electron chi connectivity index (χ1n) is 7.69. The van der Waals surface area contributed by atoms with Gasteiger partial charge >= 0.3 is 5.97 Å². The number of aromatic nitrogens is 1. The number of ether oxygens (including phenoxy) is 3. The Morgan fingerprint density at radius 2 is 1.58 bits per heavy atom. The average molecular weight is 355 g/mol. The number of rotatable bonds is 5. The predicted octanol–water partition coefficient (Wildman–Crippen LogP) is 2.71. The second-order valence-electron chi connectivity index (χ2n) is 5.47. The molecule has 0 atom stereocenters. The van der Waals surface area contributed by atoms with Crippen LogP contribution in [0.4, 0.5) is 0 Å². The lowest BCUT2D eigenvalue weighted by atomic mass is 10.1. The van der Waals surface area contributed by atoms with Gasteiger partial charge in [0.1, 0.15) is 11.3 Å². The summed E-state index contributed by atoms with van der Waals surface area (Å²) in [5.41, 5.74) is 0.257. The van der Waals surface area contributed by atoms with Crippen LogP contribution in [-0.2, 0) is 0 Å². The fourth-order valence-electron chi connectivity index (χ4n) is 2.76. The van der Waals surface area contributed by atoms with Gasteiger partial charge in [-0.2, -0.15) is 0 Å². The second-order valence-corrected chi connectivity index (χ2v) is 5.47. The molecule has 2 aromatic carbocycles. The molecule has 1 N–H and O–H groups in total. The summed E-state index contributed by atoms with van der Waals surface area (Å²) in [6.45, 7) is 0.